The largest absolute Gasteiger partial charge is 0.416 e. The predicted molar refractivity (Wildman–Crippen MR) is 64.4 cm³/mol. The molecule has 1 amide bonds. The van der Waals surface area contributed by atoms with Crippen LogP contribution in [0.25, 0.3) is 10.9 Å². The van der Waals surface area contributed by atoms with Crippen LogP contribution in [0.4, 0.5) is 18.9 Å². The molecule has 0 unspecified atom stereocenters. The van der Waals surface area contributed by atoms with Crippen molar-refractivity contribution in [1.82, 2.24) is 4.98 Å². The van der Waals surface area contributed by atoms with Gasteiger partial charge in [-0.3, -0.25) is 9.78 Å². The first-order chi connectivity index (χ1) is 8.88. The Morgan fingerprint density at radius 3 is 2.68 bits per heavy atom. The lowest BCUT2D eigenvalue weighted by Crippen LogP contribution is -2.21. The molecule has 19 heavy (non-hydrogen) atoms. The van der Waals surface area contributed by atoms with Gasteiger partial charge in [0, 0.05) is 17.3 Å². The molecule has 0 aliphatic heterocycles. The molecule has 0 fully saturated rings. The Kier molecular flexibility index (Phi) is 3.28. The number of amides is 1. The fraction of sp³-hybridized carbons (Fsp3) is 0.167. The molecule has 0 bridgehead atoms. The standard InChI is InChI=1S/C12H10F3N3O/c13-12(14,15)7-1-2-9-8(5-7)10(3-4-17-9)18-6-11(16)19/h1-5H,6H2,(H2,16,19)(H,17,18). The van der Waals surface area contributed by atoms with Crippen molar-refractivity contribution in [3.8, 4) is 0 Å². The molecule has 0 radical (unpaired) electrons. The van der Waals surface area contributed by atoms with Crippen LogP contribution in [-0.2, 0) is 11.0 Å². The van der Waals surface area contributed by atoms with Crippen molar-refractivity contribution in [2.75, 3.05) is 11.9 Å². The summed E-state index contributed by atoms with van der Waals surface area (Å²) in [6.45, 7) is -0.157. The minimum absolute atomic E-state index is 0.157. The molecule has 0 saturated carbocycles. The van der Waals surface area contributed by atoms with Crippen LogP contribution in [0, 0.1) is 0 Å². The second-order valence-electron chi connectivity index (χ2n) is 3.91. The van der Waals surface area contributed by atoms with Crippen LogP contribution in [0.5, 0.6) is 0 Å². The Labute approximate surface area is 106 Å². The van der Waals surface area contributed by atoms with Crippen molar-refractivity contribution in [3.63, 3.8) is 0 Å². The highest BCUT2D eigenvalue weighted by Crippen LogP contribution is 2.32. The van der Waals surface area contributed by atoms with E-state index in [-0.39, 0.29) is 6.54 Å². The van der Waals surface area contributed by atoms with Crippen molar-refractivity contribution in [1.29, 1.82) is 0 Å². The highest BCUT2D eigenvalue weighted by atomic mass is 19.4. The summed E-state index contributed by atoms with van der Waals surface area (Å²) in [6.07, 6.45) is -2.98. The van der Waals surface area contributed by atoms with Crippen LogP contribution in [0.3, 0.4) is 0 Å². The predicted octanol–water partition coefficient (Wildman–Crippen LogP) is 2.15. The normalized spacial score (nSPS) is 11.5. The molecule has 0 aliphatic carbocycles. The van der Waals surface area contributed by atoms with Gasteiger partial charge in [-0.05, 0) is 24.3 Å². The first-order valence-electron chi connectivity index (χ1n) is 5.36. The molecular formula is C12H10F3N3O. The Balaban J connectivity index is 2.49. The Hall–Kier alpha value is -2.31. The quantitative estimate of drug-likeness (QED) is 0.897. The van der Waals surface area contributed by atoms with Gasteiger partial charge in [-0.2, -0.15) is 13.2 Å². The number of nitrogens with two attached hydrogens (primary N) is 1. The number of pyridine rings is 1. The smallest absolute Gasteiger partial charge is 0.376 e. The molecular weight excluding hydrogens is 259 g/mol. The fourth-order valence-corrected chi connectivity index (χ4v) is 1.66. The lowest BCUT2D eigenvalue weighted by molar-refractivity contribution is -0.137. The summed E-state index contributed by atoms with van der Waals surface area (Å²) in [5.41, 5.74) is 5.01. The number of nitrogens with zero attached hydrogens (tertiary/aromatic N) is 1. The number of hydrogen-bond donors (Lipinski definition) is 2. The van der Waals surface area contributed by atoms with Gasteiger partial charge in [0.15, 0.2) is 0 Å². The van der Waals surface area contributed by atoms with Crippen LogP contribution in [0.2, 0.25) is 0 Å². The molecule has 3 N–H and O–H groups in total. The summed E-state index contributed by atoms with van der Waals surface area (Å²) < 4.78 is 37.9. The molecule has 1 aromatic heterocycles. The lowest BCUT2D eigenvalue weighted by Gasteiger charge is -2.11. The van der Waals surface area contributed by atoms with Crippen molar-refractivity contribution in [2.24, 2.45) is 5.73 Å². The third kappa shape index (κ3) is 2.93. The minimum atomic E-state index is -4.43. The maximum atomic E-state index is 12.6. The van der Waals surface area contributed by atoms with E-state index in [1.807, 2.05) is 0 Å². The van der Waals surface area contributed by atoms with Gasteiger partial charge in [-0.1, -0.05) is 0 Å². The van der Waals surface area contributed by atoms with E-state index in [1.54, 1.807) is 0 Å². The zero-order valence-corrected chi connectivity index (χ0v) is 9.66. The van der Waals surface area contributed by atoms with Crippen molar-refractivity contribution in [3.05, 3.63) is 36.0 Å². The molecule has 0 aliphatic rings. The van der Waals surface area contributed by atoms with Crippen molar-refractivity contribution < 1.29 is 18.0 Å². The van der Waals surface area contributed by atoms with E-state index in [9.17, 15) is 18.0 Å². The number of hydrogen-bond acceptors (Lipinski definition) is 3. The molecule has 1 aromatic carbocycles. The molecule has 0 atom stereocenters. The number of carbonyl (C=O) groups is 1. The summed E-state index contributed by atoms with van der Waals surface area (Å²) in [5, 5.41) is 2.97. The molecule has 2 aromatic rings. The number of benzene rings is 1. The third-order valence-electron chi connectivity index (χ3n) is 2.52. The number of fused-ring (bicyclic) bond motifs is 1. The average Bonchev–Trinajstić information content (AvgIpc) is 2.34. The highest BCUT2D eigenvalue weighted by Gasteiger charge is 2.30. The minimum Gasteiger partial charge on any atom is -0.376 e. The molecule has 2 rings (SSSR count). The number of halogens is 3. The Morgan fingerprint density at radius 2 is 2.05 bits per heavy atom. The number of alkyl halides is 3. The van der Waals surface area contributed by atoms with Gasteiger partial charge in [0.25, 0.3) is 0 Å². The van der Waals surface area contributed by atoms with Crippen molar-refractivity contribution in [2.45, 2.75) is 6.18 Å². The molecule has 1 heterocycles. The van der Waals surface area contributed by atoms with E-state index in [2.05, 4.69) is 10.3 Å². The van der Waals surface area contributed by atoms with Gasteiger partial charge in [0.05, 0.1) is 17.6 Å². The molecule has 0 saturated heterocycles. The van der Waals surface area contributed by atoms with Gasteiger partial charge < -0.3 is 11.1 Å². The van der Waals surface area contributed by atoms with E-state index in [4.69, 9.17) is 5.73 Å². The van der Waals surface area contributed by atoms with E-state index >= 15 is 0 Å². The van der Waals surface area contributed by atoms with Crippen molar-refractivity contribution >= 4 is 22.5 Å². The van der Waals surface area contributed by atoms with Crippen LogP contribution < -0.4 is 11.1 Å². The maximum absolute atomic E-state index is 12.6. The first-order valence-corrected chi connectivity index (χ1v) is 5.36. The van der Waals surface area contributed by atoms with Gasteiger partial charge in [0.1, 0.15) is 0 Å². The number of primary amides is 1. The van der Waals surface area contributed by atoms with Gasteiger partial charge >= 0.3 is 6.18 Å². The second kappa shape index (κ2) is 4.75. The van der Waals surface area contributed by atoms with Gasteiger partial charge in [-0.25, -0.2) is 0 Å². The molecule has 7 heteroatoms. The summed E-state index contributed by atoms with van der Waals surface area (Å²) >= 11 is 0. The van der Waals surface area contributed by atoms with E-state index in [0.717, 1.165) is 12.1 Å². The zero-order chi connectivity index (χ0) is 14.0. The summed E-state index contributed by atoms with van der Waals surface area (Å²) in [6, 6.07) is 4.73. The summed E-state index contributed by atoms with van der Waals surface area (Å²) in [5.74, 6) is -0.600. The van der Waals surface area contributed by atoms with E-state index in [0.29, 0.717) is 16.6 Å². The Morgan fingerprint density at radius 1 is 1.32 bits per heavy atom. The molecule has 0 spiro atoms. The van der Waals surface area contributed by atoms with Crippen LogP contribution in [0.15, 0.2) is 30.5 Å². The van der Waals surface area contributed by atoms with Gasteiger partial charge in [-0.15, -0.1) is 0 Å². The summed E-state index contributed by atoms with van der Waals surface area (Å²) in [7, 11) is 0. The second-order valence-corrected chi connectivity index (χ2v) is 3.91. The lowest BCUT2D eigenvalue weighted by atomic mass is 10.1. The van der Waals surface area contributed by atoms with Crippen LogP contribution in [0.1, 0.15) is 5.56 Å². The number of rotatable bonds is 3. The highest BCUT2D eigenvalue weighted by molar-refractivity contribution is 5.93. The fourth-order valence-electron chi connectivity index (χ4n) is 1.66. The van der Waals surface area contributed by atoms with E-state index in [1.165, 1.54) is 18.3 Å². The monoisotopic (exact) mass is 269 g/mol. The first kappa shape index (κ1) is 13.1. The van der Waals surface area contributed by atoms with E-state index < -0.39 is 17.6 Å². The average molecular weight is 269 g/mol. The number of nitrogens with one attached hydrogen (secondary N) is 1. The summed E-state index contributed by atoms with van der Waals surface area (Å²) in [4.78, 5) is 14.7. The number of carbonyl (C=O) groups excluding carboxylic acids is 1. The number of anilines is 1. The van der Waals surface area contributed by atoms with Crippen LogP contribution in [-0.4, -0.2) is 17.4 Å². The van der Waals surface area contributed by atoms with Crippen LogP contribution >= 0.6 is 0 Å². The number of aromatic nitrogens is 1. The zero-order valence-electron chi connectivity index (χ0n) is 9.66. The topological polar surface area (TPSA) is 68.0 Å². The molecule has 4 nitrogen and oxygen atoms in total. The maximum Gasteiger partial charge on any atom is 0.416 e. The SMILES string of the molecule is NC(=O)CNc1ccnc2ccc(C(F)(F)F)cc12. The third-order valence-corrected chi connectivity index (χ3v) is 2.52. The molecule has 100 valence electrons. The Bertz CT molecular complexity index is 625. The van der Waals surface area contributed by atoms with Gasteiger partial charge in [0.2, 0.25) is 5.91 Å².